The molecule has 1 saturated carbocycles. The van der Waals surface area contributed by atoms with E-state index in [1.807, 2.05) is 0 Å². The van der Waals surface area contributed by atoms with Crippen LogP contribution in [0.4, 0.5) is 0 Å². The Morgan fingerprint density at radius 3 is 2.34 bits per heavy atom. The molecule has 1 aliphatic heterocycles. The van der Waals surface area contributed by atoms with Gasteiger partial charge >= 0.3 is 212 Å². The number of nitrogens with zero attached hydrogens (tertiary/aromatic N) is 1. The molecular formula is C31H41InN2O3S. The van der Waals surface area contributed by atoms with Crippen molar-refractivity contribution in [2.24, 2.45) is 11.8 Å². The summed E-state index contributed by atoms with van der Waals surface area (Å²) >= 11 is -1.02. The number of sulfone groups is 1. The Labute approximate surface area is 240 Å². The molecule has 2 aromatic carbocycles. The molecule has 0 aromatic heterocycles. The molecule has 2 unspecified atom stereocenters. The van der Waals surface area contributed by atoms with Gasteiger partial charge in [-0.3, -0.25) is 0 Å². The molecule has 0 spiro atoms. The van der Waals surface area contributed by atoms with Crippen LogP contribution < -0.4 is 5.32 Å². The van der Waals surface area contributed by atoms with E-state index in [1.54, 1.807) is 27.5 Å². The zero-order valence-electron chi connectivity index (χ0n) is 22.8. The fraction of sp³-hybridized carbons (Fsp3) is 0.484. The topological polar surface area (TPSA) is 66.5 Å². The molecule has 1 heterocycles. The van der Waals surface area contributed by atoms with Crippen molar-refractivity contribution < 1.29 is 13.2 Å². The molecule has 0 saturated heterocycles. The molecule has 1 N–H and O–H groups in total. The van der Waals surface area contributed by atoms with Gasteiger partial charge in [0.1, 0.15) is 0 Å². The molecule has 38 heavy (non-hydrogen) atoms. The summed E-state index contributed by atoms with van der Waals surface area (Å²) in [6, 6.07) is 18.1. The average molecular weight is 637 g/mol. The Morgan fingerprint density at radius 2 is 1.68 bits per heavy atom. The zero-order chi connectivity index (χ0) is 27.0. The number of hydrogen-bond donors (Lipinski definition) is 1. The third-order valence-corrected chi connectivity index (χ3v) is 14.3. The van der Waals surface area contributed by atoms with Crippen LogP contribution in [0.5, 0.6) is 0 Å². The number of carbonyl (C=O) groups is 1. The van der Waals surface area contributed by atoms with Gasteiger partial charge in [0.15, 0.2) is 9.84 Å². The maximum absolute atomic E-state index is 13.5. The summed E-state index contributed by atoms with van der Waals surface area (Å²) in [7, 11) is -3.22. The van der Waals surface area contributed by atoms with Crippen molar-refractivity contribution in [2.45, 2.75) is 82.2 Å². The fourth-order valence-corrected chi connectivity index (χ4v) is 10.4. The Kier molecular flexibility index (Phi) is 10.7. The molecule has 1 amide bonds. The van der Waals surface area contributed by atoms with Crippen LogP contribution in [-0.4, -0.2) is 55.5 Å². The van der Waals surface area contributed by atoms with Gasteiger partial charge in [-0.05, 0) is 0 Å². The summed E-state index contributed by atoms with van der Waals surface area (Å²) < 4.78 is 27.6. The van der Waals surface area contributed by atoms with Crippen molar-refractivity contribution in [1.82, 2.24) is 8.20 Å². The Bertz CT molecular complexity index is 1220. The standard InChI is InChI=1S/C31H41N2O3S.In/c1-25(32-23-11-15-26-13-6-5-7-14-26)12-10-18-30(28-16-8-3-4-9-17-28)31(34)33-24-27-19-21-29(22-20-27)37(2,35)36;/h5-7,11,13-14,19-23,25,28,30H,3-4,8-10,12,16-18,24H2,1-2H3,(H,33,34);/q-1;+1. The van der Waals surface area contributed by atoms with Gasteiger partial charge in [0.05, 0.1) is 4.90 Å². The van der Waals surface area contributed by atoms with Crippen LogP contribution in [-0.2, 0) is 21.2 Å². The first-order valence-corrected chi connectivity index (χ1v) is 19.1. The Hall–Kier alpha value is -1.86. The van der Waals surface area contributed by atoms with Crippen molar-refractivity contribution in [3.8, 4) is 0 Å². The van der Waals surface area contributed by atoms with Crippen LogP contribution in [0.25, 0.3) is 0 Å². The molecule has 2 aliphatic rings. The Morgan fingerprint density at radius 1 is 1.00 bits per heavy atom. The van der Waals surface area contributed by atoms with Crippen molar-refractivity contribution in [1.29, 1.82) is 0 Å². The minimum absolute atomic E-state index is 0.0536. The van der Waals surface area contributed by atoms with E-state index in [0.29, 0.717) is 23.4 Å². The monoisotopic (exact) mass is 636 g/mol. The van der Waals surface area contributed by atoms with E-state index in [4.69, 9.17) is 0 Å². The van der Waals surface area contributed by atoms with E-state index in [1.165, 1.54) is 37.5 Å². The van der Waals surface area contributed by atoms with Crippen LogP contribution in [0, 0.1) is 11.8 Å². The number of allylic oxidation sites excluding steroid dienone is 1. The third kappa shape index (κ3) is 8.32. The van der Waals surface area contributed by atoms with Crippen molar-refractivity contribution in [3.05, 3.63) is 78.0 Å². The van der Waals surface area contributed by atoms with Crippen LogP contribution in [0.15, 0.2) is 71.8 Å². The molecule has 1 fully saturated rings. The first-order chi connectivity index (χ1) is 18.3. The first kappa shape index (κ1) is 29.1. The summed E-state index contributed by atoms with van der Waals surface area (Å²) in [6.07, 6.45) is 16.3. The number of nitrogens with one attached hydrogen (secondary N) is 1. The van der Waals surface area contributed by atoms with Gasteiger partial charge in [-0.25, -0.2) is 8.42 Å². The molecule has 202 valence electrons. The molecule has 1 aliphatic carbocycles. The zero-order valence-corrected chi connectivity index (χ0v) is 26.9. The molecule has 7 heteroatoms. The van der Waals surface area contributed by atoms with Gasteiger partial charge in [-0.15, -0.1) is 0 Å². The predicted molar refractivity (Wildman–Crippen MR) is 157 cm³/mol. The second-order valence-corrected chi connectivity index (χ2v) is 17.2. The van der Waals surface area contributed by atoms with E-state index in [2.05, 4.69) is 57.7 Å². The second-order valence-electron chi connectivity index (χ2n) is 11.0. The van der Waals surface area contributed by atoms with Crippen molar-refractivity contribution in [2.75, 3.05) is 6.26 Å². The van der Waals surface area contributed by atoms with Crippen LogP contribution >= 0.6 is 0 Å². The van der Waals surface area contributed by atoms with Gasteiger partial charge in [0, 0.05) is 6.26 Å². The van der Waals surface area contributed by atoms with Crippen LogP contribution in [0.2, 0.25) is 0 Å². The first-order valence-electron chi connectivity index (χ1n) is 14.1. The number of hydrogen-bond acceptors (Lipinski definition) is 4. The van der Waals surface area contributed by atoms with Gasteiger partial charge in [0.2, 0.25) is 0 Å². The molecular weight excluding hydrogens is 595 g/mol. The van der Waals surface area contributed by atoms with Gasteiger partial charge < -0.3 is 0 Å². The van der Waals surface area contributed by atoms with E-state index in [9.17, 15) is 13.2 Å². The van der Waals surface area contributed by atoms with Crippen molar-refractivity contribution in [3.63, 3.8) is 0 Å². The second kappa shape index (κ2) is 14.0. The minimum atomic E-state index is -3.22. The van der Waals surface area contributed by atoms with Gasteiger partial charge in [-0.2, -0.15) is 0 Å². The summed E-state index contributed by atoms with van der Waals surface area (Å²) in [5, 5.41) is 3.19. The van der Waals surface area contributed by atoms with Crippen molar-refractivity contribution >= 4 is 41.7 Å². The molecule has 0 radical (unpaired) electrons. The number of rotatable bonds is 11. The number of amides is 1. The molecule has 2 atom stereocenters. The number of carbonyl (C=O) groups excluding carboxylic acids is 1. The molecule has 5 nitrogen and oxygen atoms in total. The van der Waals surface area contributed by atoms with E-state index in [0.717, 1.165) is 37.7 Å². The predicted octanol–water partition coefficient (Wildman–Crippen LogP) is 5.52. The summed E-state index contributed by atoms with van der Waals surface area (Å²) in [6.45, 7) is 2.78. The number of benzene rings is 2. The molecule has 4 rings (SSSR count). The average Bonchev–Trinajstić information content (AvgIpc) is 3.27. The maximum atomic E-state index is 13.5. The van der Waals surface area contributed by atoms with E-state index >= 15 is 0 Å². The van der Waals surface area contributed by atoms with Crippen LogP contribution in [0.1, 0.15) is 75.8 Å². The third-order valence-electron chi connectivity index (χ3n) is 8.09. The summed E-state index contributed by atoms with van der Waals surface area (Å²) in [5.74, 6) is 0.677. The quantitative estimate of drug-likeness (QED) is 0.330. The van der Waals surface area contributed by atoms with Gasteiger partial charge in [0.25, 0.3) is 0 Å². The molecule has 2 aromatic rings. The summed E-state index contributed by atoms with van der Waals surface area (Å²) in [5.41, 5.74) is 2.30. The van der Waals surface area contributed by atoms with E-state index in [-0.39, 0.29) is 11.8 Å². The van der Waals surface area contributed by atoms with E-state index < -0.39 is 32.5 Å². The van der Waals surface area contributed by atoms with Crippen LogP contribution in [0.3, 0.4) is 0 Å². The van der Waals surface area contributed by atoms with Gasteiger partial charge in [-0.1, -0.05) is 0 Å². The normalized spacial score (nSPS) is 17.8. The Balaban J connectivity index is 1.33. The molecule has 0 bridgehead atoms. The fourth-order valence-electron chi connectivity index (χ4n) is 5.74. The SMILES string of the molecule is CC(CCCC(C(=O)NCc1ccc(S(C)(=O)=O)cc1)C1CCCCCC1)[N]1C=C[C](c2ccccc2)=[In]1. The summed E-state index contributed by atoms with van der Waals surface area (Å²) in [4.78, 5) is 13.8.